The Morgan fingerprint density at radius 3 is 1.87 bits per heavy atom. The molecule has 0 saturated carbocycles. The highest BCUT2D eigenvalue weighted by molar-refractivity contribution is 7.59. The molecule has 5 nitrogen and oxygen atoms in total. The van der Waals surface area contributed by atoms with Gasteiger partial charge in [0, 0.05) is 31.4 Å². The number of hydrogen-bond acceptors (Lipinski definition) is 5. The van der Waals surface area contributed by atoms with E-state index in [-0.39, 0.29) is 25.6 Å². The van der Waals surface area contributed by atoms with Crippen molar-refractivity contribution in [1.29, 1.82) is 0 Å². The van der Waals surface area contributed by atoms with Gasteiger partial charge in [-0.2, -0.15) is 13.5 Å². The van der Waals surface area contributed by atoms with Crippen molar-refractivity contribution in [3.63, 3.8) is 0 Å². The molecule has 0 rings (SSSR count). The van der Waals surface area contributed by atoms with Crippen LogP contribution in [0.5, 0.6) is 0 Å². The second-order valence-corrected chi connectivity index (χ2v) is 7.82. The normalized spacial score (nSPS) is 12.4. The van der Waals surface area contributed by atoms with Crippen LogP contribution in [0.3, 0.4) is 0 Å². The zero-order valence-electron chi connectivity index (χ0n) is 15.3. The molecule has 0 radical (unpaired) electrons. The molecule has 0 aliphatic heterocycles. The smallest absolute Gasteiger partial charge is 0.459 e. The van der Waals surface area contributed by atoms with E-state index in [0.717, 1.165) is 25.3 Å². The zero-order valence-corrected chi connectivity index (χ0v) is 17.3. The highest BCUT2D eigenvalue weighted by Crippen LogP contribution is 2.21. The van der Waals surface area contributed by atoms with E-state index in [0.29, 0.717) is 25.4 Å². The SMILES string of the molecule is C=C(C)C(=O)OC(CC)CCC[Si](OCC)(OCC)OCC.S. The highest BCUT2D eigenvalue weighted by Gasteiger charge is 2.39. The van der Waals surface area contributed by atoms with E-state index < -0.39 is 8.80 Å². The molecule has 0 aromatic heterocycles. The van der Waals surface area contributed by atoms with Gasteiger partial charge in [-0.1, -0.05) is 13.5 Å². The molecule has 0 aliphatic carbocycles. The lowest BCUT2D eigenvalue weighted by molar-refractivity contribution is -0.144. The highest BCUT2D eigenvalue weighted by atomic mass is 32.1. The van der Waals surface area contributed by atoms with Gasteiger partial charge in [0.2, 0.25) is 0 Å². The maximum atomic E-state index is 11.6. The Kier molecular flexibility index (Phi) is 15.2. The quantitative estimate of drug-likeness (QED) is 0.282. The van der Waals surface area contributed by atoms with Crippen molar-refractivity contribution >= 4 is 28.3 Å². The summed E-state index contributed by atoms with van der Waals surface area (Å²) in [6.07, 6.45) is 2.30. The van der Waals surface area contributed by atoms with Crippen LogP contribution in [0.25, 0.3) is 0 Å². The van der Waals surface area contributed by atoms with Gasteiger partial charge in [-0.25, -0.2) is 4.79 Å². The summed E-state index contributed by atoms with van der Waals surface area (Å²) >= 11 is 0. The number of esters is 1. The number of hydrogen-bond donors (Lipinski definition) is 0. The van der Waals surface area contributed by atoms with Crippen LogP contribution >= 0.6 is 13.5 Å². The fourth-order valence-corrected chi connectivity index (χ4v) is 4.79. The van der Waals surface area contributed by atoms with E-state index >= 15 is 0 Å². The van der Waals surface area contributed by atoms with Gasteiger partial charge in [-0.05, 0) is 47.0 Å². The maximum absolute atomic E-state index is 11.6. The summed E-state index contributed by atoms with van der Waals surface area (Å²) < 4.78 is 22.9. The third-order valence-corrected chi connectivity index (χ3v) is 6.33. The Morgan fingerprint density at radius 1 is 1.04 bits per heavy atom. The largest absolute Gasteiger partial charge is 0.500 e. The van der Waals surface area contributed by atoms with Gasteiger partial charge < -0.3 is 18.0 Å². The molecule has 0 aliphatic rings. The zero-order chi connectivity index (χ0) is 17.0. The number of carbonyl (C=O) groups excluding carboxylic acids is 1. The molecular weight excluding hydrogens is 332 g/mol. The fourth-order valence-electron chi connectivity index (χ4n) is 2.15. The van der Waals surface area contributed by atoms with Crippen LogP contribution in [0, 0.1) is 0 Å². The lowest BCUT2D eigenvalue weighted by atomic mass is 10.1. The molecule has 0 N–H and O–H groups in total. The van der Waals surface area contributed by atoms with Crippen molar-refractivity contribution in [2.45, 2.75) is 66.0 Å². The minimum absolute atomic E-state index is 0. The minimum atomic E-state index is -2.59. The van der Waals surface area contributed by atoms with E-state index in [1.54, 1.807) is 6.92 Å². The summed E-state index contributed by atoms with van der Waals surface area (Å²) in [5.74, 6) is -0.324. The molecule has 0 fully saturated rings. The van der Waals surface area contributed by atoms with Gasteiger partial charge >= 0.3 is 14.8 Å². The van der Waals surface area contributed by atoms with Gasteiger partial charge in [0.05, 0.1) is 0 Å². The third kappa shape index (κ3) is 10.2. The predicted octanol–water partition coefficient (Wildman–Crippen LogP) is 3.83. The summed E-state index contributed by atoms with van der Waals surface area (Å²) in [6, 6.07) is 0.740. The lowest BCUT2D eigenvalue weighted by Gasteiger charge is -2.29. The molecule has 0 bridgehead atoms. The van der Waals surface area contributed by atoms with E-state index in [9.17, 15) is 4.79 Å². The molecule has 138 valence electrons. The number of rotatable bonds is 13. The van der Waals surface area contributed by atoms with Crippen LogP contribution < -0.4 is 0 Å². The average molecular weight is 367 g/mol. The topological polar surface area (TPSA) is 54.0 Å². The van der Waals surface area contributed by atoms with Crippen LogP contribution in [0.15, 0.2) is 12.2 Å². The van der Waals surface area contributed by atoms with E-state index in [1.807, 2.05) is 27.7 Å². The fraction of sp³-hybridized carbons (Fsp3) is 0.812. The van der Waals surface area contributed by atoms with Crippen molar-refractivity contribution in [2.24, 2.45) is 0 Å². The van der Waals surface area contributed by atoms with Crippen LogP contribution in [-0.2, 0) is 22.8 Å². The molecule has 0 aromatic rings. The lowest BCUT2D eigenvalue weighted by Crippen LogP contribution is -2.46. The average Bonchev–Trinajstić information content (AvgIpc) is 2.46. The third-order valence-electron chi connectivity index (χ3n) is 3.18. The second-order valence-electron chi connectivity index (χ2n) is 5.09. The Bertz CT molecular complexity index is 321. The van der Waals surface area contributed by atoms with Crippen LogP contribution in [-0.4, -0.2) is 40.7 Å². The first kappa shape index (κ1) is 24.9. The number of ether oxygens (including phenoxy) is 1. The van der Waals surface area contributed by atoms with Crippen molar-refractivity contribution in [3.05, 3.63) is 12.2 Å². The van der Waals surface area contributed by atoms with Crippen molar-refractivity contribution < 1.29 is 22.8 Å². The van der Waals surface area contributed by atoms with Crippen molar-refractivity contribution in [3.8, 4) is 0 Å². The summed E-state index contributed by atoms with van der Waals surface area (Å²) in [6.45, 7) is 14.9. The van der Waals surface area contributed by atoms with Crippen LogP contribution in [0.2, 0.25) is 6.04 Å². The standard InChI is InChI=1S/C16H32O5Si.H2S/c1-7-15(21-16(17)14(5)6)12-11-13-22(18-8-2,19-9-3)20-10-4;/h15H,5,7-13H2,1-4,6H3;1H2. The Hall–Kier alpha value is -0.343. The van der Waals surface area contributed by atoms with Crippen LogP contribution in [0.4, 0.5) is 0 Å². The second kappa shape index (κ2) is 14.0. The van der Waals surface area contributed by atoms with Gasteiger partial charge in [0.15, 0.2) is 0 Å². The van der Waals surface area contributed by atoms with E-state index in [1.165, 1.54) is 0 Å². The van der Waals surface area contributed by atoms with Gasteiger partial charge in [0.1, 0.15) is 6.10 Å². The summed E-state index contributed by atoms with van der Waals surface area (Å²) in [4.78, 5) is 11.6. The Morgan fingerprint density at radius 2 is 1.52 bits per heavy atom. The monoisotopic (exact) mass is 366 g/mol. The molecule has 0 aromatic carbocycles. The first-order valence-corrected chi connectivity index (χ1v) is 10.2. The summed E-state index contributed by atoms with van der Waals surface area (Å²) in [7, 11) is -2.59. The molecule has 0 heterocycles. The molecule has 0 saturated heterocycles. The van der Waals surface area contributed by atoms with Crippen molar-refractivity contribution in [1.82, 2.24) is 0 Å². The minimum Gasteiger partial charge on any atom is -0.459 e. The molecule has 7 heteroatoms. The Balaban J connectivity index is 0. The molecule has 1 atom stereocenters. The molecule has 0 amide bonds. The first-order valence-electron chi connectivity index (χ1n) is 8.22. The Labute approximate surface area is 149 Å². The van der Waals surface area contributed by atoms with E-state index in [2.05, 4.69) is 6.58 Å². The van der Waals surface area contributed by atoms with Gasteiger partial charge in [-0.3, -0.25) is 0 Å². The van der Waals surface area contributed by atoms with E-state index in [4.69, 9.17) is 18.0 Å². The summed E-state index contributed by atoms with van der Waals surface area (Å²) in [5.41, 5.74) is 0.431. The number of carbonyl (C=O) groups is 1. The molecular formula is C16H34O5SSi. The molecule has 1 unspecified atom stereocenters. The molecule has 0 spiro atoms. The summed E-state index contributed by atoms with van der Waals surface area (Å²) in [5, 5.41) is 0. The van der Waals surface area contributed by atoms with Gasteiger partial charge in [-0.15, -0.1) is 0 Å². The predicted molar refractivity (Wildman–Crippen MR) is 100 cm³/mol. The van der Waals surface area contributed by atoms with Crippen LogP contribution in [0.1, 0.15) is 53.9 Å². The first-order chi connectivity index (χ1) is 10.4. The van der Waals surface area contributed by atoms with Gasteiger partial charge in [0.25, 0.3) is 0 Å². The maximum Gasteiger partial charge on any atom is 0.500 e. The van der Waals surface area contributed by atoms with Crippen molar-refractivity contribution in [2.75, 3.05) is 19.8 Å². The molecule has 23 heavy (non-hydrogen) atoms.